The molecule has 1 aliphatic rings. The number of alkyl halides is 13. The maximum atomic E-state index is 15.0. The van der Waals surface area contributed by atoms with Crippen LogP contribution in [0.3, 0.4) is 0 Å². The smallest absolute Gasteiger partial charge is 0.460 e. The van der Waals surface area contributed by atoms with Crippen molar-refractivity contribution in [1.82, 2.24) is 20.9 Å². The predicted octanol–water partition coefficient (Wildman–Crippen LogP) is 4.94. The van der Waals surface area contributed by atoms with Gasteiger partial charge in [-0.3, -0.25) is 52.7 Å². The number of fused-ring (bicyclic) bond motifs is 1. The number of esters is 8. The Morgan fingerprint density at radius 2 is 1.12 bits per heavy atom. The number of aromatic amines is 1. The van der Waals surface area contributed by atoms with Crippen molar-refractivity contribution >= 4 is 76.4 Å². The standard InChI is InChI=1S/C53H63F13N4O21/c1-24(71)82-22-36(84-26(3)73)40(91-47-44(89-31(8)78)42(87-29(6)76)39(85-27(4)74)37(90-47)23-83-25(2)72)41(86-28(5)75)43(88-30(7)77)46(81)70-35(15-11-12-19-67-38(79)17-16-32-21-69-34-14-10-9-13-33(32)34)45(80)68-20-18-48(54,55)49(56,57)50(58,59)51(60,61)52(62,63)53(64,65)66/h9-10,13-14,21,35-37,39-44,47,69H,11-12,15-20,22-23H2,1-8H3,(H,67,79)(H,68,80)(H,70,81)/t35-,36+,37+,39-,40+,41-,42-,43+,44+,47-/m0/s1. The summed E-state index contributed by atoms with van der Waals surface area (Å²) in [5, 5.41) is 6.72. The van der Waals surface area contributed by atoms with Crippen LogP contribution in [0.1, 0.15) is 93.1 Å². The highest BCUT2D eigenvalue weighted by Crippen LogP contribution is 2.60. The number of rotatable bonds is 33. The second kappa shape index (κ2) is 32.3. The number of amides is 3. The molecule has 4 N–H and O–H groups in total. The maximum absolute atomic E-state index is 15.0. The van der Waals surface area contributed by atoms with Crippen LogP contribution in [0.25, 0.3) is 10.9 Å². The summed E-state index contributed by atoms with van der Waals surface area (Å²) in [5.74, 6) is -53.4. The topological polar surface area (TPSA) is 332 Å². The normalized spacial score (nSPS) is 19.0. The molecule has 2 aromatic rings. The summed E-state index contributed by atoms with van der Waals surface area (Å²) in [4.78, 5) is 146. The molecule has 0 unspecified atom stereocenters. The number of carbonyl (C=O) groups excluding carboxylic acids is 11. The van der Waals surface area contributed by atoms with Crippen molar-refractivity contribution in [2.24, 2.45) is 0 Å². The molecule has 1 aromatic heterocycles. The predicted molar refractivity (Wildman–Crippen MR) is 274 cm³/mol. The van der Waals surface area contributed by atoms with Crippen LogP contribution in [-0.4, -0.2) is 194 Å². The SMILES string of the molecule is CC(=O)OC[C@H]1O[C@@H](O[C@@H]([C@H](OC(C)=O)[C@@H](OC(C)=O)C(=O)N[C@@H](CCCCNC(=O)CCc2c[nH]c3ccccc23)C(=O)NCCC(F)(F)C(F)(F)C(F)(F)C(F)(F)C(F)(F)C(F)(F)F)[C@@H](COC(C)=O)OC(C)=O)[C@H](OC(C)=O)[C@@H](OC(C)=O)[C@H]1OC(C)=O. The van der Waals surface area contributed by atoms with Crippen LogP contribution in [-0.2, 0) is 107 Å². The summed E-state index contributed by atoms with van der Waals surface area (Å²) >= 11 is 0. The Hall–Kier alpha value is -8.06. The molecule has 2 heterocycles. The van der Waals surface area contributed by atoms with E-state index in [-0.39, 0.29) is 32.2 Å². The highest BCUT2D eigenvalue weighted by Gasteiger charge is 2.90. The van der Waals surface area contributed by atoms with Crippen LogP contribution in [0.2, 0.25) is 0 Å². The van der Waals surface area contributed by atoms with Crippen LogP contribution in [0.15, 0.2) is 30.5 Å². The lowest BCUT2D eigenvalue weighted by Crippen LogP contribution is -2.70. The Morgan fingerprint density at radius 3 is 1.67 bits per heavy atom. The maximum Gasteiger partial charge on any atom is 0.460 e. The van der Waals surface area contributed by atoms with Crippen LogP contribution in [0.4, 0.5) is 57.1 Å². The van der Waals surface area contributed by atoms with Crippen LogP contribution in [0.5, 0.6) is 0 Å². The Bertz CT molecular complexity index is 2930. The van der Waals surface area contributed by atoms with Crippen molar-refractivity contribution in [3.05, 3.63) is 36.0 Å². The van der Waals surface area contributed by atoms with Gasteiger partial charge in [0.25, 0.3) is 5.91 Å². The summed E-state index contributed by atoms with van der Waals surface area (Å²) in [6.07, 6.45) is -31.3. The van der Waals surface area contributed by atoms with E-state index in [1.807, 2.05) is 5.32 Å². The molecule has 512 valence electrons. The van der Waals surface area contributed by atoms with E-state index in [4.69, 9.17) is 47.4 Å². The van der Waals surface area contributed by atoms with Crippen molar-refractivity contribution in [1.29, 1.82) is 0 Å². The third-order valence-corrected chi connectivity index (χ3v) is 12.8. The summed E-state index contributed by atoms with van der Waals surface area (Å²) in [5.41, 5.74) is 1.51. The number of benzene rings is 1. The van der Waals surface area contributed by atoms with Gasteiger partial charge >= 0.3 is 83.5 Å². The molecule has 3 rings (SSSR count). The first-order valence-electron chi connectivity index (χ1n) is 26.9. The highest BCUT2D eigenvalue weighted by atomic mass is 19.4. The Kier molecular flexibility index (Phi) is 27.4. The van der Waals surface area contributed by atoms with Crippen molar-refractivity contribution in [3.8, 4) is 0 Å². The number of ether oxygens (including phenoxy) is 10. The van der Waals surface area contributed by atoms with E-state index in [0.29, 0.717) is 20.8 Å². The van der Waals surface area contributed by atoms with Gasteiger partial charge in [0.2, 0.25) is 17.9 Å². The number of nitrogens with one attached hydrogen (secondary N) is 4. The fourth-order valence-electron chi connectivity index (χ4n) is 8.70. The van der Waals surface area contributed by atoms with Crippen LogP contribution in [0, 0.1) is 0 Å². The van der Waals surface area contributed by atoms with E-state index >= 15 is 0 Å². The van der Waals surface area contributed by atoms with Gasteiger partial charge < -0.3 is 68.3 Å². The molecular weight excluding hydrogens is 1280 g/mol. The first-order valence-corrected chi connectivity index (χ1v) is 26.9. The molecule has 38 heteroatoms. The van der Waals surface area contributed by atoms with E-state index in [9.17, 15) is 110 Å². The summed E-state index contributed by atoms with van der Waals surface area (Å²) in [6.45, 7) is 1.51. The van der Waals surface area contributed by atoms with Gasteiger partial charge in [0, 0.05) is 98.4 Å². The van der Waals surface area contributed by atoms with Crippen molar-refractivity contribution < 1.29 is 157 Å². The summed E-state index contributed by atoms with van der Waals surface area (Å²) in [6, 6.07) is 4.72. The third kappa shape index (κ3) is 20.7. The van der Waals surface area contributed by atoms with Crippen LogP contribution < -0.4 is 16.0 Å². The number of halogens is 13. The molecule has 0 radical (unpaired) electrons. The zero-order chi connectivity index (χ0) is 69.4. The van der Waals surface area contributed by atoms with E-state index < -0.39 is 195 Å². The molecular formula is C53H63F13N4O21. The lowest BCUT2D eigenvalue weighted by molar-refractivity contribution is -0.440. The van der Waals surface area contributed by atoms with E-state index in [1.54, 1.807) is 30.5 Å². The molecule has 91 heavy (non-hydrogen) atoms. The number of hydrogen-bond donors (Lipinski definition) is 4. The van der Waals surface area contributed by atoms with Crippen molar-refractivity contribution in [2.75, 3.05) is 26.3 Å². The molecule has 0 bridgehead atoms. The lowest BCUT2D eigenvalue weighted by atomic mass is 9.92. The molecule has 10 atom stereocenters. The Labute approximate surface area is 506 Å². The van der Waals surface area contributed by atoms with Gasteiger partial charge in [-0.25, -0.2) is 0 Å². The highest BCUT2D eigenvalue weighted by molar-refractivity contribution is 5.91. The van der Waals surface area contributed by atoms with Crippen LogP contribution >= 0.6 is 0 Å². The number of aromatic nitrogens is 1. The zero-order valence-corrected chi connectivity index (χ0v) is 49.2. The minimum atomic E-state index is -8.26. The lowest BCUT2D eigenvalue weighted by Gasteiger charge is -2.46. The Morgan fingerprint density at radius 1 is 0.571 bits per heavy atom. The number of aryl methyl sites for hydroxylation is 1. The molecule has 1 saturated heterocycles. The average Bonchev–Trinajstić information content (AvgIpc) is 1.07. The minimum absolute atomic E-state index is 0.0976. The van der Waals surface area contributed by atoms with Crippen molar-refractivity contribution in [2.45, 2.75) is 191 Å². The quantitative estimate of drug-likeness (QED) is 0.0318. The van der Waals surface area contributed by atoms with Gasteiger partial charge in [0.1, 0.15) is 31.5 Å². The monoisotopic (exact) mass is 1340 g/mol. The molecule has 0 saturated carbocycles. The second-order valence-electron chi connectivity index (χ2n) is 20.0. The minimum Gasteiger partial charge on any atom is -0.463 e. The number of carbonyl (C=O) groups is 11. The van der Waals surface area contributed by atoms with E-state index in [1.165, 1.54) is 5.32 Å². The molecule has 0 aliphatic carbocycles. The van der Waals surface area contributed by atoms with Gasteiger partial charge in [-0.05, 0) is 37.3 Å². The van der Waals surface area contributed by atoms with Gasteiger partial charge in [0.15, 0.2) is 36.8 Å². The first-order chi connectivity index (χ1) is 41.9. The molecule has 25 nitrogen and oxygen atoms in total. The first kappa shape index (κ1) is 77.2. The van der Waals surface area contributed by atoms with Gasteiger partial charge in [-0.1, -0.05) is 18.2 Å². The number of H-pyrrole nitrogens is 1. The zero-order valence-electron chi connectivity index (χ0n) is 49.2. The molecule has 3 amide bonds. The largest absolute Gasteiger partial charge is 0.463 e. The third-order valence-electron chi connectivity index (χ3n) is 12.8. The van der Waals surface area contributed by atoms with E-state index in [0.717, 1.165) is 51.1 Å². The molecule has 1 fully saturated rings. The van der Waals surface area contributed by atoms with Gasteiger partial charge in [0.05, 0.1) is 0 Å². The number of para-hydroxylation sites is 1. The van der Waals surface area contributed by atoms with Crippen molar-refractivity contribution in [3.63, 3.8) is 0 Å². The second-order valence-corrected chi connectivity index (χ2v) is 20.0. The van der Waals surface area contributed by atoms with Gasteiger partial charge in [-0.2, -0.15) is 57.1 Å². The molecule has 1 aromatic carbocycles. The number of hydrogen-bond acceptors (Lipinski definition) is 21. The average molecular weight is 1340 g/mol. The Balaban J connectivity index is 2.21. The summed E-state index contributed by atoms with van der Waals surface area (Å²) in [7, 11) is 0. The number of unbranched alkanes of at least 4 members (excludes halogenated alkanes) is 1. The van der Waals surface area contributed by atoms with E-state index in [2.05, 4.69) is 10.3 Å². The van der Waals surface area contributed by atoms with Gasteiger partial charge in [-0.15, -0.1) is 0 Å². The fourth-order valence-corrected chi connectivity index (χ4v) is 8.70. The fraction of sp³-hybridized carbons (Fsp3) is 0.642. The summed E-state index contributed by atoms with van der Waals surface area (Å²) < 4.78 is 236. The molecule has 1 aliphatic heterocycles. The molecule has 0 spiro atoms.